The van der Waals surface area contributed by atoms with Crippen molar-refractivity contribution in [2.45, 2.75) is 25.2 Å². The lowest BCUT2D eigenvalue weighted by Gasteiger charge is -2.19. The van der Waals surface area contributed by atoms with E-state index in [9.17, 15) is 4.79 Å². The van der Waals surface area contributed by atoms with Crippen LogP contribution in [0.3, 0.4) is 0 Å². The van der Waals surface area contributed by atoms with Crippen molar-refractivity contribution in [1.82, 2.24) is 4.90 Å². The zero-order chi connectivity index (χ0) is 14.1. The lowest BCUT2D eigenvalue weighted by atomic mass is 9.92. The van der Waals surface area contributed by atoms with Crippen molar-refractivity contribution in [3.05, 3.63) is 29.3 Å². The third kappa shape index (κ3) is 2.66. The van der Waals surface area contributed by atoms with E-state index in [4.69, 9.17) is 10.5 Å². The lowest BCUT2D eigenvalue weighted by Crippen LogP contribution is -2.23. The molecule has 0 radical (unpaired) electrons. The number of hydrogen-bond acceptors (Lipinski definition) is 3. The Kier molecular flexibility index (Phi) is 3.66. The fourth-order valence-corrected chi connectivity index (χ4v) is 3.26. The van der Waals surface area contributed by atoms with E-state index < -0.39 is 0 Å². The molecule has 1 saturated heterocycles. The molecular formula is C16H22N2O2. The smallest absolute Gasteiger partial charge is 0.249 e. The number of carbonyl (C=O) groups excluding carboxylic acids is 1. The Morgan fingerprint density at radius 3 is 2.85 bits per heavy atom. The second-order valence-corrected chi connectivity index (χ2v) is 5.97. The molecule has 4 nitrogen and oxygen atoms in total. The van der Waals surface area contributed by atoms with Crippen molar-refractivity contribution in [2.75, 3.05) is 26.7 Å². The molecule has 0 aromatic heterocycles. The number of nitrogens with zero attached hydrogens (tertiary/aromatic N) is 1. The molecule has 1 aliphatic heterocycles. The number of benzene rings is 1. The molecule has 2 fully saturated rings. The fraction of sp³-hybridized carbons (Fsp3) is 0.562. The summed E-state index contributed by atoms with van der Waals surface area (Å²) < 4.78 is 5.45. The van der Waals surface area contributed by atoms with Gasteiger partial charge in [0.15, 0.2) is 0 Å². The van der Waals surface area contributed by atoms with Gasteiger partial charge in [-0.25, -0.2) is 0 Å². The van der Waals surface area contributed by atoms with E-state index >= 15 is 0 Å². The molecule has 20 heavy (non-hydrogen) atoms. The van der Waals surface area contributed by atoms with Crippen molar-refractivity contribution >= 4 is 5.91 Å². The molecule has 2 N–H and O–H groups in total. The Balaban J connectivity index is 1.83. The molecule has 1 amide bonds. The predicted molar refractivity (Wildman–Crippen MR) is 78.0 cm³/mol. The standard InChI is InChI=1S/C16H22N2O2/c1-20-14-4-2-3-13(16(17)19)15(14)12-7-8-18(10-12)9-11-5-6-11/h2-4,11-12H,5-10H2,1H3,(H2,17,19)/t12-/m1/s1. The minimum absolute atomic E-state index is 0.354. The number of nitrogens with two attached hydrogens (primary N) is 1. The predicted octanol–water partition coefficient (Wildman–Crippen LogP) is 1.99. The summed E-state index contributed by atoms with van der Waals surface area (Å²) in [6.07, 6.45) is 3.83. The number of hydrogen-bond donors (Lipinski definition) is 1. The van der Waals surface area contributed by atoms with E-state index in [0.29, 0.717) is 11.5 Å². The van der Waals surface area contributed by atoms with Crippen LogP contribution in [0.25, 0.3) is 0 Å². The average molecular weight is 274 g/mol. The van der Waals surface area contributed by atoms with Crippen molar-refractivity contribution in [1.29, 1.82) is 0 Å². The summed E-state index contributed by atoms with van der Waals surface area (Å²) >= 11 is 0. The van der Waals surface area contributed by atoms with Crippen molar-refractivity contribution in [2.24, 2.45) is 11.7 Å². The molecule has 1 aromatic rings. The number of carbonyl (C=O) groups is 1. The number of primary amides is 1. The molecule has 0 unspecified atom stereocenters. The summed E-state index contributed by atoms with van der Waals surface area (Å²) in [5, 5.41) is 0. The fourth-order valence-electron chi connectivity index (χ4n) is 3.26. The normalized spacial score (nSPS) is 22.9. The van der Waals surface area contributed by atoms with E-state index in [1.807, 2.05) is 18.2 Å². The van der Waals surface area contributed by atoms with E-state index in [1.54, 1.807) is 7.11 Å². The van der Waals surface area contributed by atoms with Crippen LogP contribution in [0.1, 0.15) is 41.1 Å². The van der Waals surface area contributed by atoms with E-state index in [1.165, 1.54) is 19.4 Å². The van der Waals surface area contributed by atoms with Crippen LogP contribution >= 0.6 is 0 Å². The van der Waals surface area contributed by atoms with Crippen LogP contribution in [0.4, 0.5) is 0 Å². The van der Waals surface area contributed by atoms with Gasteiger partial charge in [0.2, 0.25) is 5.91 Å². The molecule has 1 heterocycles. The minimum atomic E-state index is -0.362. The van der Waals surface area contributed by atoms with Crippen molar-refractivity contribution in [3.8, 4) is 5.75 Å². The monoisotopic (exact) mass is 274 g/mol. The van der Waals surface area contributed by atoms with Crippen LogP contribution in [-0.2, 0) is 0 Å². The van der Waals surface area contributed by atoms with Gasteiger partial charge in [-0.1, -0.05) is 6.07 Å². The van der Waals surface area contributed by atoms with Crippen LogP contribution in [0.15, 0.2) is 18.2 Å². The van der Waals surface area contributed by atoms with E-state index in [0.717, 1.165) is 36.7 Å². The Morgan fingerprint density at radius 1 is 1.40 bits per heavy atom. The quantitative estimate of drug-likeness (QED) is 0.893. The third-order valence-corrected chi connectivity index (χ3v) is 4.45. The average Bonchev–Trinajstić information content (AvgIpc) is 3.14. The maximum absolute atomic E-state index is 11.7. The lowest BCUT2D eigenvalue weighted by molar-refractivity contribution is 0.0998. The first-order valence-electron chi connectivity index (χ1n) is 7.38. The highest BCUT2D eigenvalue weighted by Crippen LogP contribution is 2.38. The first kappa shape index (κ1) is 13.4. The Hall–Kier alpha value is -1.55. The van der Waals surface area contributed by atoms with Crippen LogP contribution in [0.5, 0.6) is 5.75 Å². The van der Waals surface area contributed by atoms with Gasteiger partial charge in [0.25, 0.3) is 0 Å². The number of ether oxygens (including phenoxy) is 1. The third-order valence-electron chi connectivity index (χ3n) is 4.45. The summed E-state index contributed by atoms with van der Waals surface area (Å²) in [6, 6.07) is 5.56. The molecule has 3 rings (SSSR count). The molecule has 0 spiro atoms. The number of amides is 1. The SMILES string of the molecule is COc1cccc(C(N)=O)c1[C@@H]1CCN(CC2CC2)C1. The highest BCUT2D eigenvalue weighted by molar-refractivity contribution is 5.95. The molecule has 108 valence electrons. The maximum atomic E-state index is 11.7. The summed E-state index contributed by atoms with van der Waals surface area (Å²) in [6.45, 7) is 3.33. The Labute approximate surface area is 119 Å². The molecule has 1 saturated carbocycles. The van der Waals surface area contributed by atoms with Gasteiger partial charge < -0.3 is 15.4 Å². The van der Waals surface area contributed by atoms with Gasteiger partial charge >= 0.3 is 0 Å². The van der Waals surface area contributed by atoms with E-state index in [2.05, 4.69) is 4.90 Å². The highest BCUT2D eigenvalue weighted by Gasteiger charge is 2.32. The first-order chi connectivity index (χ1) is 9.69. The van der Waals surface area contributed by atoms with Gasteiger partial charge in [0.1, 0.15) is 5.75 Å². The Bertz CT molecular complexity index is 511. The van der Waals surface area contributed by atoms with Crippen LogP contribution < -0.4 is 10.5 Å². The molecular weight excluding hydrogens is 252 g/mol. The first-order valence-corrected chi connectivity index (χ1v) is 7.38. The van der Waals surface area contributed by atoms with Crippen LogP contribution in [-0.4, -0.2) is 37.6 Å². The number of rotatable bonds is 5. The number of likely N-dealkylation sites (tertiary alicyclic amines) is 1. The minimum Gasteiger partial charge on any atom is -0.496 e. The Morgan fingerprint density at radius 2 is 2.20 bits per heavy atom. The van der Waals surface area contributed by atoms with Crippen molar-refractivity contribution in [3.63, 3.8) is 0 Å². The van der Waals surface area contributed by atoms with Gasteiger partial charge in [0, 0.05) is 30.1 Å². The van der Waals surface area contributed by atoms with Gasteiger partial charge in [-0.3, -0.25) is 4.79 Å². The molecule has 0 bridgehead atoms. The largest absolute Gasteiger partial charge is 0.496 e. The molecule has 4 heteroatoms. The summed E-state index contributed by atoms with van der Waals surface area (Å²) in [7, 11) is 1.65. The topological polar surface area (TPSA) is 55.6 Å². The molecule has 1 atom stereocenters. The van der Waals surface area contributed by atoms with Gasteiger partial charge in [-0.2, -0.15) is 0 Å². The maximum Gasteiger partial charge on any atom is 0.249 e. The molecule has 1 aliphatic carbocycles. The van der Waals surface area contributed by atoms with Crippen LogP contribution in [0, 0.1) is 5.92 Å². The van der Waals surface area contributed by atoms with Crippen molar-refractivity contribution < 1.29 is 9.53 Å². The molecule has 1 aromatic carbocycles. The zero-order valence-corrected chi connectivity index (χ0v) is 12.0. The van der Waals surface area contributed by atoms with E-state index in [-0.39, 0.29) is 5.91 Å². The summed E-state index contributed by atoms with van der Waals surface area (Å²) in [4.78, 5) is 14.2. The highest BCUT2D eigenvalue weighted by atomic mass is 16.5. The second kappa shape index (κ2) is 5.44. The summed E-state index contributed by atoms with van der Waals surface area (Å²) in [5.41, 5.74) is 7.14. The van der Waals surface area contributed by atoms with Gasteiger partial charge in [-0.15, -0.1) is 0 Å². The zero-order valence-electron chi connectivity index (χ0n) is 12.0. The second-order valence-electron chi connectivity index (χ2n) is 5.97. The van der Waals surface area contributed by atoms with Gasteiger partial charge in [-0.05, 0) is 43.9 Å². The van der Waals surface area contributed by atoms with Gasteiger partial charge in [0.05, 0.1) is 7.11 Å². The molecule has 2 aliphatic rings. The van der Waals surface area contributed by atoms with Crippen LogP contribution in [0.2, 0.25) is 0 Å². The number of methoxy groups -OCH3 is 1. The summed E-state index contributed by atoms with van der Waals surface area (Å²) in [5.74, 6) is 1.69.